The van der Waals surface area contributed by atoms with Gasteiger partial charge >= 0.3 is 0 Å². The van der Waals surface area contributed by atoms with Gasteiger partial charge in [0, 0.05) is 32.3 Å². The number of hydrogen-bond acceptors (Lipinski definition) is 3. The van der Waals surface area contributed by atoms with Crippen molar-refractivity contribution in [1.29, 1.82) is 0 Å². The summed E-state index contributed by atoms with van der Waals surface area (Å²) < 4.78 is 5.31. The predicted octanol–water partition coefficient (Wildman–Crippen LogP) is 0.374. The number of ether oxygens (including phenoxy) is 1. The van der Waals surface area contributed by atoms with Gasteiger partial charge in [-0.05, 0) is 25.7 Å². The highest BCUT2D eigenvalue weighted by molar-refractivity contribution is 5.79. The topological polar surface area (TPSA) is 41.3 Å². The summed E-state index contributed by atoms with van der Waals surface area (Å²) in [6, 6.07) is 1.08. The number of fused-ring (bicyclic) bond motifs is 1. The molecule has 3 rings (SSSR count). The zero-order valence-electron chi connectivity index (χ0n) is 9.82. The summed E-state index contributed by atoms with van der Waals surface area (Å²) in [6.45, 7) is 2.20. The van der Waals surface area contributed by atoms with E-state index < -0.39 is 0 Å². The summed E-state index contributed by atoms with van der Waals surface area (Å²) in [6.07, 6.45) is 4.57. The predicted molar refractivity (Wildman–Crippen MR) is 60.0 cm³/mol. The largest absolute Gasteiger partial charge is 0.381 e. The third-order valence-corrected chi connectivity index (χ3v) is 4.27. The summed E-state index contributed by atoms with van der Waals surface area (Å²) in [4.78, 5) is 14.4. The third-order valence-electron chi connectivity index (χ3n) is 4.27. The fraction of sp³-hybridized carbons (Fsp3) is 0.917. The summed E-state index contributed by atoms with van der Waals surface area (Å²) in [5.41, 5.74) is 0. The van der Waals surface area contributed by atoms with Gasteiger partial charge < -0.3 is 10.1 Å². The molecule has 0 spiro atoms. The molecule has 16 heavy (non-hydrogen) atoms. The maximum absolute atomic E-state index is 12.0. The highest BCUT2D eigenvalue weighted by atomic mass is 16.5. The van der Waals surface area contributed by atoms with Gasteiger partial charge in [-0.15, -0.1) is 0 Å². The molecule has 3 unspecified atom stereocenters. The molecule has 3 fully saturated rings. The Morgan fingerprint density at radius 1 is 1.31 bits per heavy atom. The second kappa shape index (κ2) is 4.00. The van der Waals surface area contributed by atoms with Crippen molar-refractivity contribution in [3.05, 3.63) is 0 Å². The van der Waals surface area contributed by atoms with Crippen molar-refractivity contribution in [1.82, 2.24) is 10.2 Å². The van der Waals surface area contributed by atoms with Gasteiger partial charge in [0.1, 0.15) is 0 Å². The van der Waals surface area contributed by atoms with Crippen LogP contribution in [0.5, 0.6) is 0 Å². The van der Waals surface area contributed by atoms with Crippen molar-refractivity contribution in [3.8, 4) is 0 Å². The maximum atomic E-state index is 12.0. The molecule has 90 valence electrons. The number of nitrogens with zero attached hydrogens (tertiary/aromatic N) is 1. The molecule has 1 amide bonds. The fourth-order valence-corrected chi connectivity index (χ4v) is 3.15. The SMILES string of the molecule is CO[C@@H]1CC[C@H](NC(=O)C2CC3CN3C2)C1. The summed E-state index contributed by atoms with van der Waals surface area (Å²) >= 11 is 0. The molecule has 0 aromatic rings. The average Bonchev–Trinajstić information content (AvgIpc) is 2.74. The molecule has 2 aliphatic heterocycles. The lowest BCUT2D eigenvalue weighted by Crippen LogP contribution is -2.39. The van der Waals surface area contributed by atoms with E-state index in [0.29, 0.717) is 12.1 Å². The molecule has 1 N–H and O–H groups in total. The second-order valence-electron chi connectivity index (χ2n) is 5.42. The summed E-state index contributed by atoms with van der Waals surface area (Å²) in [7, 11) is 1.76. The van der Waals surface area contributed by atoms with E-state index in [0.717, 1.165) is 38.3 Å². The Morgan fingerprint density at radius 2 is 2.19 bits per heavy atom. The van der Waals surface area contributed by atoms with Crippen molar-refractivity contribution in [2.45, 2.75) is 43.9 Å². The van der Waals surface area contributed by atoms with Gasteiger partial charge in [0.2, 0.25) is 5.91 Å². The number of rotatable bonds is 3. The van der Waals surface area contributed by atoms with Crippen molar-refractivity contribution >= 4 is 5.91 Å². The van der Waals surface area contributed by atoms with Crippen LogP contribution in [-0.4, -0.2) is 49.2 Å². The molecule has 3 aliphatic rings. The van der Waals surface area contributed by atoms with Gasteiger partial charge in [-0.2, -0.15) is 0 Å². The number of hydrogen-bond donors (Lipinski definition) is 1. The first-order chi connectivity index (χ1) is 7.76. The molecule has 2 heterocycles. The minimum absolute atomic E-state index is 0.250. The van der Waals surface area contributed by atoms with E-state index >= 15 is 0 Å². The average molecular weight is 224 g/mol. The minimum atomic E-state index is 0.250. The number of carbonyl (C=O) groups is 1. The number of carbonyl (C=O) groups excluding carboxylic acids is 1. The van der Waals surface area contributed by atoms with Crippen molar-refractivity contribution < 1.29 is 9.53 Å². The van der Waals surface area contributed by atoms with Crippen LogP contribution in [0.1, 0.15) is 25.7 Å². The van der Waals surface area contributed by atoms with Crippen molar-refractivity contribution in [3.63, 3.8) is 0 Å². The van der Waals surface area contributed by atoms with Crippen LogP contribution in [-0.2, 0) is 9.53 Å². The zero-order valence-corrected chi connectivity index (χ0v) is 9.82. The normalized spacial score (nSPS) is 45.4. The Bertz CT molecular complexity index is 285. The quantitative estimate of drug-likeness (QED) is 0.704. The molecule has 5 atom stereocenters. The van der Waals surface area contributed by atoms with Crippen LogP contribution in [0.3, 0.4) is 0 Å². The van der Waals surface area contributed by atoms with Gasteiger partial charge in [0.05, 0.1) is 12.0 Å². The van der Waals surface area contributed by atoms with E-state index in [-0.39, 0.29) is 11.8 Å². The van der Waals surface area contributed by atoms with Crippen molar-refractivity contribution in [2.24, 2.45) is 5.92 Å². The number of methoxy groups -OCH3 is 1. The van der Waals surface area contributed by atoms with E-state index in [9.17, 15) is 4.79 Å². The lowest BCUT2D eigenvalue weighted by molar-refractivity contribution is -0.125. The Hall–Kier alpha value is -0.610. The molecule has 0 bridgehead atoms. The lowest BCUT2D eigenvalue weighted by Gasteiger charge is -2.17. The second-order valence-corrected chi connectivity index (χ2v) is 5.42. The van der Waals surface area contributed by atoms with Crippen LogP contribution >= 0.6 is 0 Å². The molecule has 1 saturated carbocycles. The van der Waals surface area contributed by atoms with E-state index in [2.05, 4.69) is 10.2 Å². The number of amides is 1. The van der Waals surface area contributed by atoms with Gasteiger partial charge in [0.15, 0.2) is 0 Å². The first kappa shape index (κ1) is 10.5. The van der Waals surface area contributed by atoms with E-state index in [4.69, 9.17) is 4.74 Å². The van der Waals surface area contributed by atoms with Crippen molar-refractivity contribution in [2.75, 3.05) is 20.2 Å². The molecule has 0 aromatic heterocycles. The van der Waals surface area contributed by atoms with Gasteiger partial charge in [-0.25, -0.2) is 0 Å². The molecule has 4 heteroatoms. The van der Waals surface area contributed by atoms with Crippen LogP contribution < -0.4 is 5.32 Å². The van der Waals surface area contributed by atoms with Crippen LogP contribution in [0.2, 0.25) is 0 Å². The monoisotopic (exact) mass is 224 g/mol. The summed E-state index contributed by atoms with van der Waals surface area (Å²) in [5.74, 6) is 0.522. The van der Waals surface area contributed by atoms with Gasteiger partial charge in [-0.1, -0.05) is 0 Å². The molecule has 0 radical (unpaired) electrons. The van der Waals surface area contributed by atoms with E-state index in [1.807, 2.05) is 0 Å². The number of piperidine rings is 1. The Labute approximate surface area is 96.3 Å². The highest BCUT2D eigenvalue weighted by Gasteiger charge is 2.46. The minimum Gasteiger partial charge on any atom is -0.381 e. The molecule has 4 nitrogen and oxygen atoms in total. The molecular weight excluding hydrogens is 204 g/mol. The highest BCUT2D eigenvalue weighted by Crippen LogP contribution is 2.34. The first-order valence-corrected chi connectivity index (χ1v) is 6.33. The summed E-state index contributed by atoms with van der Waals surface area (Å²) in [5, 5.41) is 3.18. The lowest BCUT2D eigenvalue weighted by atomic mass is 10.0. The Balaban J connectivity index is 1.46. The molecular formula is C12H20N2O2. The Morgan fingerprint density at radius 3 is 2.81 bits per heavy atom. The van der Waals surface area contributed by atoms with Crippen LogP contribution in [0.15, 0.2) is 0 Å². The third kappa shape index (κ3) is 1.96. The van der Waals surface area contributed by atoms with E-state index in [1.165, 1.54) is 6.54 Å². The van der Waals surface area contributed by atoms with Crippen LogP contribution in [0.25, 0.3) is 0 Å². The molecule has 0 aromatic carbocycles. The number of nitrogens with one attached hydrogen (secondary N) is 1. The standard InChI is InChI=1S/C12H20N2O2/c1-16-11-3-2-9(5-11)13-12(15)8-4-10-7-14(10)6-8/h8-11H,2-7H2,1H3,(H,13,15)/t8?,9-,10?,11+,14?/m0/s1. The molecule has 2 saturated heterocycles. The molecule has 1 aliphatic carbocycles. The van der Waals surface area contributed by atoms with E-state index in [1.54, 1.807) is 7.11 Å². The van der Waals surface area contributed by atoms with Crippen LogP contribution in [0, 0.1) is 5.92 Å². The fourth-order valence-electron chi connectivity index (χ4n) is 3.15. The van der Waals surface area contributed by atoms with Gasteiger partial charge in [-0.3, -0.25) is 9.69 Å². The first-order valence-electron chi connectivity index (χ1n) is 6.33. The smallest absolute Gasteiger partial charge is 0.224 e. The Kier molecular flexibility index (Phi) is 2.64. The maximum Gasteiger partial charge on any atom is 0.224 e. The zero-order chi connectivity index (χ0) is 11.1. The van der Waals surface area contributed by atoms with Crippen LogP contribution in [0.4, 0.5) is 0 Å². The van der Waals surface area contributed by atoms with Gasteiger partial charge in [0.25, 0.3) is 0 Å².